The zero-order valence-electron chi connectivity index (χ0n) is 15.8. The van der Waals surface area contributed by atoms with Crippen molar-refractivity contribution < 1.29 is 23.8 Å². The summed E-state index contributed by atoms with van der Waals surface area (Å²) in [6.45, 7) is 10.1. The average molecular weight is 348 g/mol. The average Bonchev–Trinajstić information content (AvgIpc) is 3.39. The Kier molecular flexibility index (Phi) is 6.22. The Bertz CT molecular complexity index is 633. The minimum atomic E-state index is -0.706. The lowest BCUT2D eigenvalue weighted by Gasteiger charge is -2.19. The summed E-state index contributed by atoms with van der Waals surface area (Å²) in [5, 5.41) is 0. The topological polar surface area (TPSA) is 65.1 Å². The lowest BCUT2D eigenvalue weighted by molar-refractivity contribution is -0.150. The van der Waals surface area contributed by atoms with Crippen LogP contribution < -0.4 is 4.74 Å². The van der Waals surface area contributed by atoms with Crippen LogP contribution in [0.25, 0.3) is 0 Å². The van der Waals surface area contributed by atoms with Crippen molar-refractivity contribution in [1.82, 2.24) is 0 Å². The third kappa shape index (κ3) is 4.60. The zero-order valence-corrected chi connectivity index (χ0v) is 15.8. The largest absolute Gasteiger partial charge is 0.462 e. The van der Waals surface area contributed by atoms with Gasteiger partial charge in [0.05, 0.1) is 18.4 Å². The number of aryl methyl sites for hydroxylation is 1. The second-order valence-corrected chi connectivity index (χ2v) is 6.93. The van der Waals surface area contributed by atoms with Gasteiger partial charge in [-0.15, -0.1) is 0 Å². The predicted molar refractivity (Wildman–Crippen MR) is 94.3 cm³/mol. The third-order valence-electron chi connectivity index (χ3n) is 4.81. The van der Waals surface area contributed by atoms with Crippen LogP contribution in [0, 0.1) is 18.8 Å². The van der Waals surface area contributed by atoms with Gasteiger partial charge < -0.3 is 14.2 Å². The molecule has 5 heteroatoms. The van der Waals surface area contributed by atoms with Gasteiger partial charge in [0.25, 0.3) is 0 Å². The summed E-state index contributed by atoms with van der Waals surface area (Å²) in [7, 11) is 0. The maximum Gasteiger partial charge on any atom is 0.314 e. The van der Waals surface area contributed by atoms with E-state index in [1.54, 1.807) is 0 Å². The Balaban J connectivity index is 2.18. The minimum Gasteiger partial charge on any atom is -0.462 e. The highest BCUT2D eigenvalue weighted by Crippen LogP contribution is 2.44. The molecule has 1 aromatic carbocycles. The van der Waals surface area contributed by atoms with E-state index in [0.29, 0.717) is 18.8 Å². The number of hydrogen-bond acceptors (Lipinski definition) is 5. The first-order chi connectivity index (χ1) is 11.8. The Morgan fingerprint density at radius 1 is 1.16 bits per heavy atom. The van der Waals surface area contributed by atoms with E-state index in [1.165, 1.54) is 0 Å². The molecule has 1 heterocycles. The molecule has 0 radical (unpaired) electrons. The molecule has 0 aromatic heterocycles. The van der Waals surface area contributed by atoms with Crippen molar-refractivity contribution in [3.8, 4) is 5.75 Å². The first-order valence-corrected chi connectivity index (χ1v) is 8.96. The van der Waals surface area contributed by atoms with Gasteiger partial charge in [-0.25, -0.2) is 0 Å². The van der Waals surface area contributed by atoms with E-state index < -0.39 is 5.60 Å². The maximum atomic E-state index is 12.2. The van der Waals surface area contributed by atoms with E-state index in [9.17, 15) is 9.59 Å². The van der Waals surface area contributed by atoms with Gasteiger partial charge in [-0.3, -0.25) is 9.59 Å². The van der Waals surface area contributed by atoms with Crippen LogP contribution in [-0.2, 0) is 24.7 Å². The van der Waals surface area contributed by atoms with Crippen molar-refractivity contribution >= 4 is 11.9 Å². The number of esters is 2. The van der Waals surface area contributed by atoms with Crippen LogP contribution in [0.3, 0.4) is 0 Å². The van der Waals surface area contributed by atoms with Gasteiger partial charge in [0.15, 0.2) is 5.60 Å². The molecule has 0 saturated carbocycles. The van der Waals surface area contributed by atoms with E-state index in [1.807, 2.05) is 52.8 Å². The van der Waals surface area contributed by atoms with Gasteiger partial charge in [-0.05, 0) is 31.4 Å². The van der Waals surface area contributed by atoms with Crippen molar-refractivity contribution in [2.75, 3.05) is 13.2 Å². The number of hydrogen-bond donors (Lipinski definition) is 0. The Morgan fingerprint density at radius 2 is 1.76 bits per heavy atom. The molecule has 0 amide bonds. The fraction of sp³-hybridized carbons (Fsp3) is 0.600. The quantitative estimate of drug-likeness (QED) is 0.406. The zero-order chi connectivity index (χ0) is 18.6. The molecule has 0 aliphatic carbocycles. The molecular formula is C20H28O5. The molecule has 0 N–H and O–H groups in total. The van der Waals surface area contributed by atoms with E-state index in [4.69, 9.17) is 14.2 Å². The number of carbonyl (C=O) groups excluding carboxylic acids is 2. The molecule has 138 valence electrons. The molecule has 2 rings (SSSR count). The first-order valence-electron chi connectivity index (χ1n) is 8.96. The van der Waals surface area contributed by atoms with Crippen molar-refractivity contribution in [2.45, 2.75) is 53.1 Å². The summed E-state index contributed by atoms with van der Waals surface area (Å²) >= 11 is 0. The second kappa shape index (κ2) is 8.00. The maximum absolute atomic E-state index is 12.2. The monoisotopic (exact) mass is 348 g/mol. The number of rotatable bonds is 8. The highest BCUT2D eigenvalue weighted by atomic mass is 16.6. The van der Waals surface area contributed by atoms with Crippen LogP contribution in [0.4, 0.5) is 0 Å². The molecule has 0 spiro atoms. The van der Waals surface area contributed by atoms with Crippen molar-refractivity contribution in [3.05, 3.63) is 29.3 Å². The molecule has 1 aromatic rings. The van der Waals surface area contributed by atoms with Gasteiger partial charge in [-0.1, -0.05) is 39.8 Å². The van der Waals surface area contributed by atoms with Crippen LogP contribution in [-0.4, -0.2) is 25.2 Å². The standard InChI is InChI=1S/C20H28O5/c1-6-14(4)18(21)23-11-20(12-24-20)16-9-8-13(3)10-17(16)25-19(22)15(5)7-2/h8-10,14-15H,6-7,11-12H2,1-5H3/t14-,15-,20+/m1/s1. The van der Waals surface area contributed by atoms with E-state index >= 15 is 0 Å². The number of benzene rings is 1. The Labute approximate surface area is 149 Å². The van der Waals surface area contributed by atoms with Crippen LogP contribution in [0.2, 0.25) is 0 Å². The van der Waals surface area contributed by atoms with E-state index in [0.717, 1.165) is 17.5 Å². The summed E-state index contributed by atoms with van der Waals surface area (Å²) in [6.07, 6.45) is 1.45. The Morgan fingerprint density at radius 3 is 2.32 bits per heavy atom. The number of epoxide rings is 1. The van der Waals surface area contributed by atoms with Gasteiger partial charge in [0.2, 0.25) is 0 Å². The fourth-order valence-electron chi connectivity index (χ4n) is 2.37. The smallest absolute Gasteiger partial charge is 0.314 e. The number of carbonyl (C=O) groups is 2. The van der Waals surface area contributed by atoms with Crippen molar-refractivity contribution in [3.63, 3.8) is 0 Å². The molecule has 1 aliphatic rings. The SMILES string of the molecule is CC[C@@H](C)C(=O)OC[C@@]1(c2ccc(C)cc2OC(=O)[C@H](C)CC)CO1. The summed E-state index contributed by atoms with van der Waals surface area (Å²) in [6, 6.07) is 5.66. The molecule has 1 aliphatic heterocycles. The van der Waals surface area contributed by atoms with E-state index in [-0.39, 0.29) is 30.4 Å². The highest BCUT2D eigenvalue weighted by molar-refractivity contribution is 5.75. The molecule has 25 heavy (non-hydrogen) atoms. The molecular weight excluding hydrogens is 320 g/mol. The number of ether oxygens (including phenoxy) is 3. The van der Waals surface area contributed by atoms with Crippen LogP contribution in [0.5, 0.6) is 5.75 Å². The second-order valence-electron chi connectivity index (χ2n) is 6.93. The Hall–Kier alpha value is -1.88. The van der Waals surface area contributed by atoms with Crippen LogP contribution in [0.1, 0.15) is 51.7 Å². The summed E-state index contributed by atoms with van der Waals surface area (Å²) in [5.41, 5.74) is 1.04. The molecule has 3 atom stereocenters. The van der Waals surface area contributed by atoms with Gasteiger partial charge in [0.1, 0.15) is 12.4 Å². The molecule has 1 saturated heterocycles. The summed E-state index contributed by atoms with van der Waals surface area (Å²) < 4.78 is 16.7. The predicted octanol–water partition coefficient (Wildman–Crippen LogP) is 3.76. The highest BCUT2D eigenvalue weighted by Gasteiger charge is 2.50. The summed E-state index contributed by atoms with van der Waals surface area (Å²) in [4.78, 5) is 24.2. The van der Waals surface area contributed by atoms with Gasteiger partial charge >= 0.3 is 11.9 Å². The molecule has 0 unspecified atom stereocenters. The lowest BCUT2D eigenvalue weighted by Crippen LogP contribution is -2.25. The lowest BCUT2D eigenvalue weighted by atomic mass is 9.98. The van der Waals surface area contributed by atoms with E-state index in [2.05, 4.69) is 0 Å². The molecule has 0 bridgehead atoms. The molecule has 1 fully saturated rings. The van der Waals surface area contributed by atoms with Crippen molar-refractivity contribution in [1.29, 1.82) is 0 Å². The van der Waals surface area contributed by atoms with Crippen LogP contribution >= 0.6 is 0 Å². The van der Waals surface area contributed by atoms with Crippen LogP contribution in [0.15, 0.2) is 18.2 Å². The minimum absolute atomic E-state index is 0.132. The summed E-state index contributed by atoms with van der Waals surface area (Å²) in [5.74, 6) is -0.323. The fourth-order valence-corrected chi connectivity index (χ4v) is 2.37. The normalized spacial score (nSPS) is 21.3. The molecule has 5 nitrogen and oxygen atoms in total. The first kappa shape index (κ1) is 19.4. The van der Waals surface area contributed by atoms with Gasteiger partial charge in [0, 0.05) is 5.56 Å². The third-order valence-corrected chi connectivity index (χ3v) is 4.81. The van der Waals surface area contributed by atoms with Crippen molar-refractivity contribution in [2.24, 2.45) is 11.8 Å². The van der Waals surface area contributed by atoms with Gasteiger partial charge in [-0.2, -0.15) is 0 Å².